The maximum absolute atomic E-state index is 11.1. The summed E-state index contributed by atoms with van der Waals surface area (Å²) in [6, 6.07) is 8.97. The van der Waals surface area contributed by atoms with E-state index >= 15 is 0 Å². The third-order valence-corrected chi connectivity index (χ3v) is 2.33. The van der Waals surface area contributed by atoms with Crippen molar-refractivity contribution in [3.05, 3.63) is 35.9 Å². The van der Waals surface area contributed by atoms with Crippen molar-refractivity contribution in [2.75, 3.05) is 7.11 Å². The van der Waals surface area contributed by atoms with Crippen LogP contribution in [0.15, 0.2) is 30.3 Å². The molecule has 0 radical (unpaired) electrons. The summed E-state index contributed by atoms with van der Waals surface area (Å²) in [5.74, 6) is -0.458. The first-order valence-corrected chi connectivity index (χ1v) is 5.14. The number of carbonyl (C=O) groups excluding carboxylic acids is 1. The van der Waals surface area contributed by atoms with E-state index in [1.165, 1.54) is 7.11 Å². The molecule has 1 aromatic rings. The fourth-order valence-electron chi connectivity index (χ4n) is 1.23. The van der Waals surface area contributed by atoms with E-state index in [1.807, 2.05) is 30.3 Å². The van der Waals surface area contributed by atoms with E-state index in [0.29, 0.717) is 6.61 Å². The van der Waals surface area contributed by atoms with Crippen molar-refractivity contribution in [3.63, 3.8) is 0 Å². The zero-order valence-corrected chi connectivity index (χ0v) is 9.55. The van der Waals surface area contributed by atoms with Crippen molar-refractivity contribution in [1.82, 2.24) is 0 Å². The summed E-state index contributed by atoms with van der Waals surface area (Å²) in [4.78, 5) is 11.1. The third-order valence-electron chi connectivity index (χ3n) is 2.33. The molecule has 0 heterocycles. The molecule has 0 saturated carbocycles. The zero-order chi connectivity index (χ0) is 12.0. The van der Waals surface area contributed by atoms with Crippen LogP contribution < -0.4 is 5.73 Å². The average molecular weight is 223 g/mol. The number of hydrogen-bond donors (Lipinski definition) is 1. The standard InChI is InChI=1S/C12H17NO3/c1-9(11(13)12(14)15-2)16-8-10-6-4-3-5-7-10/h3-7,9,11H,8,13H2,1-2H3. The Balaban J connectivity index is 2.41. The van der Waals surface area contributed by atoms with Crippen LogP contribution in [0.3, 0.4) is 0 Å². The molecule has 0 saturated heterocycles. The van der Waals surface area contributed by atoms with E-state index < -0.39 is 12.0 Å². The molecule has 1 aromatic carbocycles. The lowest BCUT2D eigenvalue weighted by Gasteiger charge is -2.18. The van der Waals surface area contributed by atoms with Gasteiger partial charge in [-0.1, -0.05) is 30.3 Å². The second kappa shape index (κ2) is 6.25. The summed E-state index contributed by atoms with van der Waals surface area (Å²) < 4.78 is 10.0. The molecule has 2 atom stereocenters. The monoisotopic (exact) mass is 223 g/mol. The number of esters is 1. The maximum Gasteiger partial charge on any atom is 0.325 e. The predicted molar refractivity (Wildman–Crippen MR) is 60.7 cm³/mol. The summed E-state index contributed by atoms with van der Waals surface area (Å²) >= 11 is 0. The lowest BCUT2D eigenvalue weighted by Crippen LogP contribution is -2.42. The minimum Gasteiger partial charge on any atom is -0.468 e. The Hall–Kier alpha value is -1.39. The highest BCUT2D eigenvalue weighted by molar-refractivity contribution is 5.75. The van der Waals surface area contributed by atoms with Gasteiger partial charge >= 0.3 is 5.97 Å². The van der Waals surface area contributed by atoms with Gasteiger partial charge in [0.05, 0.1) is 19.8 Å². The molecule has 0 aliphatic heterocycles. The van der Waals surface area contributed by atoms with Crippen molar-refractivity contribution in [1.29, 1.82) is 0 Å². The van der Waals surface area contributed by atoms with Gasteiger partial charge in [0, 0.05) is 0 Å². The minimum atomic E-state index is -0.742. The molecule has 4 heteroatoms. The third kappa shape index (κ3) is 3.64. The van der Waals surface area contributed by atoms with Crippen LogP contribution in [0.1, 0.15) is 12.5 Å². The molecule has 88 valence electrons. The van der Waals surface area contributed by atoms with Gasteiger partial charge in [-0.2, -0.15) is 0 Å². The van der Waals surface area contributed by atoms with Gasteiger partial charge in [0.25, 0.3) is 0 Å². The molecule has 4 nitrogen and oxygen atoms in total. The smallest absolute Gasteiger partial charge is 0.325 e. The average Bonchev–Trinajstić information content (AvgIpc) is 2.35. The second-order valence-electron chi connectivity index (χ2n) is 3.55. The molecule has 0 aliphatic rings. The molecule has 0 amide bonds. The molecule has 0 aromatic heterocycles. The van der Waals surface area contributed by atoms with Crippen LogP contribution in [-0.4, -0.2) is 25.2 Å². The summed E-state index contributed by atoms with van der Waals surface area (Å²) in [5.41, 5.74) is 6.68. The number of rotatable bonds is 5. The van der Waals surface area contributed by atoms with Gasteiger partial charge in [-0.15, -0.1) is 0 Å². The predicted octanol–water partition coefficient (Wildman–Crippen LogP) is 1.09. The lowest BCUT2D eigenvalue weighted by atomic mass is 10.2. The Labute approximate surface area is 95.3 Å². The van der Waals surface area contributed by atoms with E-state index in [-0.39, 0.29) is 6.10 Å². The number of benzene rings is 1. The first-order valence-electron chi connectivity index (χ1n) is 5.14. The summed E-state index contributed by atoms with van der Waals surface area (Å²) in [5, 5.41) is 0. The maximum atomic E-state index is 11.1. The van der Waals surface area contributed by atoms with Gasteiger partial charge in [0.15, 0.2) is 0 Å². The molecular weight excluding hydrogens is 206 g/mol. The van der Waals surface area contributed by atoms with Gasteiger partial charge in [-0.05, 0) is 12.5 Å². The number of nitrogens with two attached hydrogens (primary N) is 1. The van der Waals surface area contributed by atoms with Gasteiger partial charge in [0.1, 0.15) is 6.04 Å². The molecule has 0 spiro atoms. The van der Waals surface area contributed by atoms with Gasteiger partial charge in [-0.3, -0.25) is 4.79 Å². The van der Waals surface area contributed by atoms with E-state index in [2.05, 4.69) is 4.74 Å². The highest BCUT2D eigenvalue weighted by Crippen LogP contribution is 2.05. The molecule has 2 unspecified atom stereocenters. The van der Waals surface area contributed by atoms with Crippen molar-refractivity contribution >= 4 is 5.97 Å². The second-order valence-corrected chi connectivity index (χ2v) is 3.55. The van der Waals surface area contributed by atoms with Crippen molar-refractivity contribution in [3.8, 4) is 0 Å². The number of hydrogen-bond acceptors (Lipinski definition) is 4. The van der Waals surface area contributed by atoms with E-state index in [0.717, 1.165) is 5.56 Å². The molecule has 0 aliphatic carbocycles. The lowest BCUT2D eigenvalue weighted by molar-refractivity contribution is -0.146. The number of carbonyl (C=O) groups is 1. The van der Waals surface area contributed by atoms with E-state index in [4.69, 9.17) is 10.5 Å². The highest BCUT2D eigenvalue weighted by atomic mass is 16.5. The molecule has 1 rings (SSSR count). The molecule has 2 N–H and O–H groups in total. The van der Waals surface area contributed by atoms with Crippen LogP contribution in [0, 0.1) is 0 Å². The highest BCUT2D eigenvalue weighted by Gasteiger charge is 2.21. The van der Waals surface area contributed by atoms with Crippen molar-refractivity contribution in [2.45, 2.75) is 25.7 Å². The van der Waals surface area contributed by atoms with Crippen LogP contribution in [0.25, 0.3) is 0 Å². The van der Waals surface area contributed by atoms with Crippen LogP contribution in [0.2, 0.25) is 0 Å². The molecule has 0 bridgehead atoms. The quantitative estimate of drug-likeness (QED) is 0.759. The van der Waals surface area contributed by atoms with Crippen LogP contribution in [0.4, 0.5) is 0 Å². The Bertz CT molecular complexity index is 326. The number of methoxy groups -OCH3 is 1. The fraction of sp³-hybridized carbons (Fsp3) is 0.417. The Kier molecular flexibility index (Phi) is 4.95. The Morgan fingerprint density at radius 1 is 1.38 bits per heavy atom. The van der Waals surface area contributed by atoms with Crippen LogP contribution in [0.5, 0.6) is 0 Å². The Morgan fingerprint density at radius 2 is 2.00 bits per heavy atom. The minimum absolute atomic E-state index is 0.368. The largest absolute Gasteiger partial charge is 0.468 e. The molecule has 16 heavy (non-hydrogen) atoms. The van der Waals surface area contributed by atoms with Crippen LogP contribution in [-0.2, 0) is 20.9 Å². The SMILES string of the molecule is COC(=O)C(N)C(C)OCc1ccccc1. The summed E-state index contributed by atoms with van der Waals surface area (Å²) in [6.07, 6.45) is -0.368. The summed E-state index contributed by atoms with van der Waals surface area (Å²) in [7, 11) is 1.31. The van der Waals surface area contributed by atoms with E-state index in [9.17, 15) is 4.79 Å². The molecule has 0 fully saturated rings. The molecular formula is C12H17NO3. The zero-order valence-electron chi connectivity index (χ0n) is 9.55. The van der Waals surface area contributed by atoms with Crippen LogP contribution >= 0.6 is 0 Å². The van der Waals surface area contributed by atoms with Gasteiger partial charge in [0.2, 0.25) is 0 Å². The Morgan fingerprint density at radius 3 is 2.56 bits per heavy atom. The van der Waals surface area contributed by atoms with Crippen molar-refractivity contribution in [2.24, 2.45) is 5.73 Å². The van der Waals surface area contributed by atoms with Gasteiger partial charge < -0.3 is 15.2 Å². The topological polar surface area (TPSA) is 61.5 Å². The fourth-order valence-corrected chi connectivity index (χ4v) is 1.23. The first kappa shape index (κ1) is 12.7. The van der Waals surface area contributed by atoms with Gasteiger partial charge in [-0.25, -0.2) is 0 Å². The first-order chi connectivity index (χ1) is 7.65. The number of ether oxygens (including phenoxy) is 2. The summed E-state index contributed by atoms with van der Waals surface area (Å²) in [6.45, 7) is 2.19. The van der Waals surface area contributed by atoms with E-state index in [1.54, 1.807) is 6.92 Å². The normalized spacial score (nSPS) is 14.2. The van der Waals surface area contributed by atoms with Crippen molar-refractivity contribution < 1.29 is 14.3 Å².